The summed E-state index contributed by atoms with van der Waals surface area (Å²) in [5.74, 6) is 5.04. The Morgan fingerprint density at radius 1 is 0.527 bits per heavy atom. The van der Waals surface area contributed by atoms with Gasteiger partial charge in [-0.25, -0.2) is 9.59 Å². The molecule has 4 aromatic carbocycles. The molecule has 74 heavy (non-hydrogen) atoms. The number of fused-ring (bicyclic) bond motifs is 2. The second kappa shape index (κ2) is 26.9. The zero-order valence-corrected chi connectivity index (χ0v) is 46.8. The molecular weight excluding hydrogens is 1000 g/mol. The molecule has 2 aliphatic heterocycles. The lowest BCUT2D eigenvalue weighted by Crippen LogP contribution is -3.00. The van der Waals surface area contributed by atoms with Crippen molar-refractivity contribution in [2.24, 2.45) is 0 Å². The van der Waals surface area contributed by atoms with Crippen molar-refractivity contribution >= 4 is 11.9 Å². The van der Waals surface area contributed by atoms with Gasteiger partial charge >= 0.3 is 11.9 Å². The number of esters is 2. The van der Waals surface area contributed by atoms with Crippen LogP contribution in [-0.2, 0) is 38.3 Å². The summed E-state index contributed by atoms with van der Waals surface area (Å²) in [5, 5.41) is 0. The van der Waals surface area contributed by atoms with Crippen LogP contribution >= 0.6 is 0 Å². The smallest absolute Gasteiger partial charge is 0.333 e. The lowest BCUT2D eigenvalue weighted by atomic mass is 9.85. The normalized spacial score (nSPS) is 18.6. The van der Waals surface area contributed by atoms with Gasteiger partial charge in [0.1, 0.15) is 12.1 Å². The zero-order chi connectivity index (χ0) is 52.3. The van der Waals surface area contributed by atoms with E-state index in [1.165, 1.54) is 6.08 Å². The van der Waals surface area contributed by atoms with Gasteiger partial charge in [0.05, 0.1) is 137 Å². The molecule has 2 aliphatic rings. The number of likely N-dealkylation sites (N-methyl/N-ethyl adjacent to an activating group) is 2. The predicted octanol–water partition coefficient (Wildman–Crippen LogP) is 1.68. The van der Waals surface area contributed by atoms with Gasteiger partial charge in [0.2, 0.25) is 17.2 Å². The number of ether oxygens (including phenoxy) is 13. The van der Waals surface area contributed by atoms with E-state index in [4.69, 9.17) is 61.6 Å². The molecule has 19 heteroatoms. The highest BCUT2D eigenvalue weighted by Gasteiger charge is 2.44. The Kier molecular flexibility index (Phi) is 21.9. The summed E-state index contributed by atoms with van der Waals surface area (Å²) in [7, 11) is 22.1. The van der Waals surface area contributed by atoms with E-state index >= 15 is 0 Å². The van der Waals surface area contributed by atoms with Crippen LogP contribution in [0.4, 0.5) is 0 Å². The minimum Gasteiger partial charge on any atom is -1.00 e. The van der Waals surface area contributed by atoms with Crippen LogP contribution in [0.25, 0.3) is 0 Å². The van der Waals surface area contributed by atoms with Gasteiger partial charge in [-0.3, -0.25) is 0 Å². The number of carbonyl (C=O) groups excluding carboxylic acids is 2. The van der Waals surface area contributed by atoms with Gasteiger partial charge in [-0.15, -0.1) is 0 Å². The van der Waals surface area contributed by atoms with Crippen LogP contribution in [0.15, 0.2) is 54.1 Å². The first-order valence-electron chi connectivity index (χ1n) is 24.0. The molecule has 0 amide bonds. The van der Waals surface area contributed by atoms with Crippen molar-refractivity contribution in [1.82, 2.24) is 0 Å². The Morgan fingerprint density at radius 2 is 0.973 bits per heavy atom. The molecule has 0 fully saturated rings. The zero-order valence-electron chi connectivity index (χ0n) is 45.3. The van der Waals surface area contributed by atoms with Crippen LogP contribution in [0.5, 0.6) is 63.2 Å². The van der Waals surface area contributed by atoms with Gasteiger partial charge < -0.3 is 95.4 Å². The molecule has 0 N–H and O–H groups in total. The van der Waals surface area contributed by atoms with Gasteiger partial charge in [-0.2, -0.15) is 0 Å². The molecular formula is C55H74Cl2N2O15. The number of carbonyl (C=O) groups is 2. The minimum absolute atomic E-state index is 0. The molecule has 6 rings (SSSR count). The highest BCUT2D eigenvalue weighted by molar-refractivity contribution is 5.95. The molecule has 0 aromatic heterocycles. The SMILES string of the molecule is COc1cc2c(cc1OC)[C@@H](c1cc(OC)c(OC)c(OC)c1)[N@+](C)(CCCOC(=O)/C=C(\C)C(=O)OCCC[N@@+]1(C)CCc3cc(OC)c(OC)c(OC)c3[C@@H]1Cc1cc(OC)c(OC)c(OC)c1)CC2.[Cl-].[Cl-]. The third kappa shape index (κ3) is 12.7. The number of nitrogens with zero attached hydrogens (tertiary/aromatic N) is 2. The van der Waals surface area contributed by atoms with E-state index in [2.05, 4.69) is 14.1 Å². The summed E-state index contributed by atoms with van der Waals surface area (Å²) in [4.78, 5) is 26.5. The molecule has 0 radical (unpaired) electrons. The minimum atomic E-state index is -0.616. The summed E-state index contributed by atoms with van der Waals surface area (Å²) < 4.78 is 76.0. The first-order chi connectivity index (χ1) is 34.6. The molecule has 4 atom stereocenters. The Labute approximate surface area is 448 Å². The van der Waals surface area contributed by atoms with E-state index < -0.39 is 11.9 Å². The highest BCUT2D eigenvalue weighted by Crippen LogP contribution is 2.52. The van der Waals surface area contributed by atoms with E-state index in [1.807, 2.05) is 42.5 Å². The Bertz CT molecular complexity index is 2560. The maximum absolute atomic E-state index is 13.3. The quantitative estimate of drug-likeness (QED) is 0.0433. The van der Waals surface area contributed by atoms with Crippen molar-refractivity contribution in [2.75, 3.05) is 132 Å². The lowest BCUT2D eigenvalue weighted by Gasteiger charge is -2.46. The second-order valence-electron chi connectivity index (χ2n) is 18.4. The molecule has 4 aromatic rings. The number of halogens is 2. The Morgan fingerprint density at radius 3 is 1.50 bits per heavy atom. The standard InChI is InChI=1S/C55H74N2O15.2ClH/c1-34(25-48(58)71-23-16-20-57(3)22-17-36-29-41(60-4)42(61-5)33-39(36)50(57)38-31-45(64-8)52(68-12)46(32-38)65-9)55(59)72-24-15-19-56(2)21-18-37-30-47(66-10)53(69-13)54(70-14)49(37)40(56)26-35-27-43(62-6)51(67-11)44(28-35)63-7;;/h25,27-33,40,50H,15-24,26H2,1-14H3;2*1H/q+2;;/p-2/b34-25+;;/t40-,50+,56-,57+;;/m0../s1. The van der Waals surface area contributed by atoms with Gasteiger partial charge in [-0.1, -0.05) is 0 Å². The van der Waals surface area contributed by atoms with E-state index in [0.29, 0.717) is 105 Å². The average molecular weight is 1070 g/mol. The maximum Gasteiger partial charge on any atom is 0.333 e. The number of benzene rings is 4. The van der Waals surface area contributed by atoms with Crippen molar-refractivity contribution in [3.05, 3.63) is 87.5 Å². The molecule has 0 bridgehead atoms. The first-order valence-corrected chi connectivity index (χ1v) is 24.0. The summed E-state index contributed by atoms with van der Waals surface area (Å²) >= 11 is 0. The van der Waals surface area contributed by atoms with Crippen molar-refractivity contribution in [2.45, 2.75) is 51.1 Å². The summed E-state index contributed by atoms with van der Waals surface area (Å²) in [6.07, 6.45) is 4.43. The molecule has 0 saturated heterocycles. The largest absolute Gasteiger partial charge is 1.00 e. The summed E-state index contributed by atoms with van der Waals surface area (Å²) in [5.41, 5.74) is 6.43. The van der Waals surface area contributed by atoms with Crippen molar-refractivity contribution in [1.29, 1.82) is 0 Å². The fraction of sp³-hybridized carbons (Fsp3) is 0.491. The molecule has 2 heterocycles. The molecule has 17 nitrogen and oxygen atoms in total. The van der Waals surface area contributed by atoms with Crippen LogP contribution < -0.4 is 76.9 Å². The molecule has 0 spiro atoms. The van der Waals surface area contributed by atoms with Crippen LogP contribution in [0.2, 0.25) is 0 Å². The van der Waals surface area contributed by atoms with Gasteiger partial charge in [0, 0.05) is 54.9 Å². The van der Waals surface area contributed by atoms with E-state index in [9.17, 15) is 9.59 Å². The van der Waals surface area contributed by atoms with E-state index in [1.54, 1.807) is 85.1 Å². The van der Waals surface area contributed by atoms with E-state index in [-0.39, 0.29) is 55.7 Å². The topological polar surface area (TPSA) is 154 Å². The van der Waals surface area contributed by atoms with Crippen molar-refractivity contribution in [3.8, 4) is 63.2 Å². The van der Waals surface area contributed by atoms with Crippen LogP contribution in [0.1, 0.15) is 65.2 Å². The molecule has 0 aliphatic carbocycles. The molecule has 0 saturated carbocycles. The summed E-state index contributed by atoms with van der Waals surface area (Å²) in [6, 6.07) is 13.7. The number of rotatable bonds is 24. The first kappa shape index (κ1) is 60.4. The van der Waals surface area contributed by atoms with Gasteiger partial charge in [0.25, 0.3) is 0 Å². The van der Waals surface area contributed by atoms with Crippen LogP contribution in [0, 0.1) is 0 Å². The lowest BCUT2D eigenvalue weighted by molar-refractivity contribution is -0.941. The highest BCUT2D eigenvalue weighted by atomic mass is 35.5. The van der Waals surface area contributed by atoms with E-state index in [0.717, 1.165) is 59.3 Å². The fourth-order valence-electron chi connectivity index (χ4n) is 10.6. The molecule has 408 valence electrons. The predicted molar refractivity (Wildman–Crippen MR) is 270 cm³/mol. The third-order valence-electron chi connectivity index (χ3n) is 14.3. The number of methoxy groups -OCH3 is 11. The van der Waals surface area contributed by atoms with Gasteiger partial charge in [-0.05, 0) is 66.1 Å². The van der Waals surface area contributed by atoms with Crippen LogP contribution in [-0.4, -0.2) is 153 Å². The number of hydrogen-bond donors (Lipinski definition) is 0. The second-order valence-corrected chi connectivity index (χ2v) is 18.4. The summed E-state index contributed by atoms with van der Waals surface area (Å²) in [6.45, 7) is 4.75. The van der Waals surface area contributed by atoms with Gasteiger partial charge in [0.15, 0.2) is 46.0 Å². The Hall–Kier alpha value is -6.14. The average Bonchev–Trinajstić information content (AvgIpc) is 3.39. The fourth-order valence-corrected chi connectivity index (χ4v) is 10.6. The van der Waals surface area contributed by atoms with Crippen LogP contribution in [0.3, 0.4) is 0 Å². The maximum atomic E-state index is 13.3. The van der Waals surface area contributed by atoms with Crippen molar-refractivity contribution in [3.63, 3.8) is 0 Å². The monoisotopic (exact) mass is 1070 g/mol. The third-order valence-corrected chi connectivity index (χ3v) is 14.3. The number of quaternary nitrogens is 2. The van der Waals surface area contributed by atoms with Crippen molar-refractivity contribution < 1.29 is 105 Å². The number of hydrogen-bond acceptors (Lipinski definition) is 15. The molecule has 0 unspecified atom stereocenters. The Balaban J connectivity index is 0.00000593.